The Labute approximate surface area is 396 Å². The van der Waals surface area contributed by atoms with E-state index in [1.165, 1.54) is 82.7 Å². The number of benzene rings is 7. The Bertz CT molecular complexity index is 3660. The van der Waals surface area contributed by atoms with Crippen LogP contribution in [0.1, 0.15) is 33.6 Å². The van der Waals surface area contributed by atoms with Gasteiger partial charge in [0.05, 0.1) is 17.1 Å². The van der Waals surface area contributed by atoms with Crippen molar-refractivity contribution in [3.63, 3.8) is 0 Å². The molecule has 0 saturated heterocycles. The summed E-state index contributed by atoms with van der Waals surface area (Å²) < 4.78 is 4.24. The van der Waals surface area contributed by atoms with Gasteiger partial charge in [-0.3, -0.25) is 4.98 Å². The summed E-state index contributed by atoms with van der Waals surface area (Å²) in [6.07, 6.45) is 14.1. The zero-order valence-electron chi connectivity index (χ0n) is 38.3. The molecule has 5 heteroatoms. The predicted octanol–water partition coefficient (Wildman–Crippen LogP) is 15.2. The molecule has 0 radical (unpaired) electrons. The number of aromatic nitrogens is 5. The number of imidazole rings is 2. The molecule has 0 amide bonds. The third-order valence-electron chi connectivity index (χ3n) is 13.5. The fourth-order valence-electron chi connectivity index (χ4n) is 10.0. The Morgan fingerprint density at radius 1 is 0.368 bits per heavy atom. The molecule has 326 valence electrons. The first-order valence-electron chi connectivity index (χ1n) is 23.6. The highest BCUT2D eigenvalue weighted by molar-refractivity contribution is 5.95. The Balaban J connectivity index is 0.842. The van der Waals surface area contributed by atoms with Crippen molar-refractivity contribution >= 4 is 32.8 Å². The first kappa shape index (κ1) is 41.1. The quantitative estimate of drug-likeness (QED) is 0.130. The van der Waals surface area contributed by atoms with Gasteiger partial charge in [0.15, 0.2) is 0 Å². The summed E-state index contributed by atoms with van der Waals surface area (Å²) in [7, 11) is 0. The van der Waals surface area contributed by atoms with Crippen LogP contribution in [0.3, 0.4) is 0 Å². The van der Waals surface area contributed by atoms with Crippen LogP contribution in [-0.2, 0) is 25.7 Å². The molecule has 0 spiro atoms. The number of nitrogens with zero attached hydrogens (tertiary/aromatic N) is 5. The van der Waals surface area contributed by atoms with E-state index in [2.05, 4.69) is 229 Å². The Morgan fingerprint density at radius 2 is 0.853 bits per heavy atom. The topological polar surface area (TPSA) is 47.5 Å². The van der Waals surface area contributed by atoms with Crippen LogP contribution in [0.25, 0.3) is 88.6 Å². The fourth-order valence-corrected chi connectivity index (χ4v) is 10.0. The lowest BCUT2D eigenvalue weighted by Gasteiger charge is -2.15. The van der Waals surface area contributed by atoms with E-state index < -0.39 is 0 Å². The second kappa shape index (κ2) is 17.4. The van der Waals surface area contributed by atoms with Crippen molar-refractivity contribution in [3.05, 3.63) is 247 Å². The lowest BCUT2D eigenvalue weighted by molar-refractivity contribution is 0.933. The van der Waals surface area contributed by atoms with Gasteiger partial charge >= 0.3 is 0 Å². The number of fused-ring (bicyclic) bond motifs is 6. The van der Waals surface area contributed by atoms with Crippen molar-refractivity contribution in [1.29, 1.82) is 0 Å². The normalized spacial score (nSPS) is 11.6. The van der Waals surface area contributed by atoms with E-state index in [4.69, 9.17) is 15.0 Å². The summed E-state index contributed by atoms with van der Waals surface area (Å²) in [5, 5.41) is 4.83. The molecular weight excluding hydrogens is 827 g/mol. The van der Waals surface area contributed by atoms with Gasteiger partial charge in [0, 0.05) is 47.3 Å². The van der Waals surface area contributed by atoms with Crippen LogP contribution >= 0.6 is 0 Å². The third-order valence-corrected chi connectivity index (χ3v) is 13.5. The van der Waals surface area contributed by atoms with Crippen molar-refractivity contribution in [1.82, 2.24) is 23.8 Å². The molecule has 0 aliphatic carbocycles. The number of pyridine rings is 3. The number of hydrogen-bond acceptors (Lipinski definition) is 3. The zero-order valence-corrected chi connectivity index (χ0v) is 38.3. The molecule has 0 aliphatic rings. The van der Waals surface area contributed by atoms with Gasteiger partial charge in [0.25, 0.3) is 0 Å². The minimum absolute atomic E-state index is 0.937. The first-order chi connectivity index (χ1) is 33.4. The number of aryl methyl sites for hydroxylation is 6. The second-order valence-electron chi connectivity index (χ2n) is 18.2. The van der Waals surface area contributed by atoms with E-state index in [9.17, 15) is 0 Å². The van der Waals surface area contributed by atoms with Crippen molar-refractivity contribution in [2.24, 2.45) is 0 Å². The van der Waals surface area contributed by atoms with Gasteiger partial charge in [0.1, 0.15) is 11.3 Å². The van der Waals surface area contributed by atoms with Gasteiger partial charge in [-0.1, -0.05) is 158 Å². The summed E-state index contributed by atoms with van der Waals surface area (Å²) >= 11 is 0. The van der Waals surface area contributed by atoms with E-state index in [1.54, 1.807) is 0 Å². The van der Waals surface area contributed by atoms with Gasteiger partial charge in [-0.2, -0.15) is 0 Å². The van der Waals surface area contributed by atoms with Gasteiger partial charge in [-0.25, -0.2) is 9.97 Å². The van der Waals surface area contributed by atoms with Crippen molar-refractivity contribution < 1.29 is 0 Å². The standard InChI is InChI=1S/C63H49N5/c1-42-40-67-32-29-54-35-44(16-26-59(54)62(67)65-42)12-14-46-34-47(15-13-45-17-27-60-55(36-45)30-33-68-41-43(2)66-63(60)68)38-56(37-46)58-11-7-6-10-57(58)51-22-24-52(25-23-51)61-39-53(28-31-64-61)50-20-18-49(19-21-50)48-8-4-3-5-9-48/h3-11,16-41H,12-15H2,1-2H3. The van der Waals surface area contributed by atoms with Crippen LogP contribution < -0.4 is 0 Å². The van der Waals surface area contributed by atoms with Crippen LogP contribution in [0, 0.1) is 13.8 Å². The summed E-state index contributed by atoms with van der Waals surface area (Å²) in [6, 6.07) is 66.8. The van der Waals surface area contributed by atoms with Crippen LogP contribution in [0.15, 0.2) is 213 Å². The SMILES string of the molecule is Cc1cn2ccc3cc(CCc4cc(CCc5ccc6c(ccn7cc(C)nc67)c5)cc(-c5ccccc5-c5ccc(-c6cc(-c7ccc(-c8ccccc8)cc7)ccn6)cc5)c4)ccc3c2n1. The zero-order chi connectivity index (χ0) is 45.6. The Hall–Kier alpha value is -8.41. The predicted molar refractivity (Wildman–Crippen MR) is 281 cm³/mol. The summed E-state index contributed by atoms with van der Waals surface area (Å²) in [6.45, 7) is 4.10. The van der Waals surface area contributed by atoms with E-state index in [0.29, 0.717) is 0 Å². The molecule has 12 rings (SSSR count). The van der Waals surface area contributed by atoms with Crippen LogP contribution in [0.4, 0.5) is 0 Å². The van der Waals surface area contributed by atoms with Gasteiger partial charge < -0.3 is 8.80 Å². The highest BCUT2D eigenvalue weighted by atomic mass is 15.0. The summed E-state index contributed by atoms with van der Waals surface area (Å²) in [5.41, 5.74) is 21.1. The maximum absolute atomic E-state index is 4.81. The second-order valence-corrected chi connectivity index (χ2v) is 18.2. The summed E-state index contributed by atoms with van der Waals surface area (Å²) in [5.74, 6) is 0. The minimum Gasteiger partial charge on any atom is -0.306 e. The molecule has 5 aromatic heterocycles. The lowest BCUT2D eigenvalue weighted by Crippen LogP contribution is -1.98. The maximum Gasteiger partial charge on any atom is 0.144 e. The fraction of sp³-hybridized carbons (Fsp3) is 0.0952. The molecule has 0 saturated carbocycles. The molecule has 5 heterocycles. The lowest BCUT2D eigenvalue weighted by atomic mass is 9.89. The van der Waals surface area contributed by atoms with Crippen LogP contribution in [0.5, 0.6) is 0 Å². The Kier molecular flexibility index (Phi) is 10.5. The van der Waals surface area contributed by atoms with E-state index in [1.807, 2.05) is 6.20 Å². The summed E-state index contributed by atoms with van der Waals surface area (Å²) in [4.78, 5) is 14.4. The molecule has 0 atom stereocenters. The maximum atomic E-state index is 4.81. The Morgan fingerprint density at radius 3 is 1.44 bits per heavy atom. The molecule has 0 aliphatic heterocycles. The van der Waals surface area contributed by atoms with E-state index >= 15 is 0 Å². The van der Waals surface area contributed by atoms with Crippen LogP contribution in [-0.4, -0.2) is 23.8 Å². The molecule has 12 aromatic rings. The molecular formula is C63H49N5. The molecule has 68 heavy (non-hydrogen) atoms. The van der Waals surface area contributed by atoms with E-state index in [0.717, 1.165) is 65.2 Å². The van der Waals surface area contributed by atoms with Gasteiger partial charge in [0.2, 0.25) is 0 Å². The monoisotopic (exact) mass is 875 g/mol. The highest BCUT2D eigenvalue weighted by Crippen LogP contribution is 2.36. The molecule has 0 bridgehead atoms. The molecule has 0 fully saturated rings. The minimum atomic E-state index is 0.937. The van der Waals surface area contributed by atoms with E-state index in [-0.39, 0.29) is 0 Å². The van der Waals surface area contributed by atoms with Crippen LogP contribution in [0.2, 0.25) is 0 Å². The molecule has 5 nitrogen and oxygen atoms in total. The van der Waals surface area contributed by atoms with Crippen molar-refractivity contribution in [2.45, 2.75) is 39.5 Å². The smallest absolute Gasteiger partial charge is 0.144 e. The molecule has 0 unspecified atom stereocenters. The largest absolute Gasteiger partial charge is 0.306 e. The van der Waals surface area contributed by atoms with Gasteiger partial charge in [-0.15, -0.1) is 0 Å². The molecule has 0 N–H and O–H groups in total. The third kappa shape index (κ3) is 8.13. The average molecular weight is 876 g/mol. The highest BCUT2D eigenvalue weighted by Gasteiger charge is 2.14. The molecule has 7 aromatic carbocycles. The van der Waals surface area contributed by atoms with Crippen molar-refractivity contribution in [3.8, 4) is 55.8 Å². The van der Waals surface area contributed by atoms with Gasteiger partial charge in [-0.05, 0) is 141 Å². The average Bonchev–Trinajstić information content (AvgIpc) is 3.99. The van der Waals surface area contributed by atoms with Crippen molar-refractivity contribution in [2.75, 3.05) is 0 Å². The number of rotatable bonds is 11. The number of hydrogen-bond donors (Lipinski definition) is 0. The first-order valence-corrected chi connectivity index (χ1v) is 23.6.